The van der Waals surface area contributed by atoms with E-state index in [0.29, 0.717) is 5.82 Å². The maximum Gasteiger partial charge on any atom is 0.163 e. The van der Waals surface area contributed by atoms with Crippen LogP contribution in [-0.4, -0.2) is 32.2 Å². The predicted octanol–water partition coefficient (Wildman–Crippen LogP) is 4.59. The number of rotatable bonds is 3. The summed E-state index contributed by atoms with van der Waals surface area (Å²) >= 11 is 0. The molecule has 136 valence electrons. The van der Waals surface area contributed by atoms with Gasteiger partial charge in [0.05, 0.1) is 17.2 Å². The number of nitrogens with zero attached hydrogens (tertiary/aromatic N) is 4. The molecule has 6 nitrogen and oxygen atoms in total. The second-order valence-corrected chi connectivity index (χ2v) is 6.69. The highest BCUT2D eigenvalue weighted by molar-refractivity contribution is 5.97. The first-order valence-corrected chi connectivity index (χ1v) is 9.07. The van der Waals surface area contributed by atoms with Gasteiger partial charge in [0.15, 0.2) is 5.82 Å². The van der Waals surface area contributed by atoms with Crippen molar-refractivity contribution in [2.75, 3.05) is 12.4 Å². The van der Waals surface area contributed by atoms with Crippen LogP contribution >= 0.6 is 0 Å². The first kappa shape index (κ1) is 16.4. The summed E-state index contributed by atoms with van der Waals surface area (Å²) in [6, 6.07) is 14.4. The Labute approximate surface area is 161 Å². The number of hydrogen-bond acceptors (Lipinski definition) is 5. The average Bonchev–Trinajstić information content (AvgIpc) is 3.22. The van der Waals surface area contributed by atoms with Crippen LogP contribution in [0.1, 0.15) is 5.56 Å². The number of aryl methyl sites for hydroxylation is 1. The Kier molecular flexibility index (Phi) is 3.76. The maximum atomic E-state index is 4.88. The van der Waals surface area contributed by atoms with Gasteiger partial charge in [-0.3, -0.25) is 10.1 Å². The maximum absolute atomic E-state index is 4.88. The zero-order valence-corrected chi connectivity index (χ0v) is 15.6. The number of fused-ring (bicyclic) bond motifs is 2. The van der Waals surface area contributed by atoms with Crippen LogP contribution in [0.3, 0.4) is 0 Å². The van der Waals surface area contributed by atoms with Gasteiger partial charge in [-0.05, 0) is 53.9 Å². The summed E-state index contributed by atoms with van der Waals surface area (Å²) in [5.41, 5.74) is 6.26. The van der Waals surface area contributed by atoms with E-state index < -0.39 is 0 Å². The van der Waals surface area contributed by atoms with Crippen molar-refractivity contribution in [3.8, 4) is 22.5 Å². The molecule has 0 saturated carbocycles. The number of benzene rings is 2. The Hall–Kier alpha value is -3.80. The lowest BCUT2D eigenvalue weighted by atomic mass is 9.97. The summed E-state index contributed by atoms with van der Waals surface area (Å²) in [5, 5.41) is 12.4. The third kappa shape index (κ3) is 2.58. The van der Waals surface area contributed by atoms with E-state index in [-0.39, 0.29) is 0 Å². The molecule has 0 aliphatic carbocycles. The van der Waals surface area contributed by atoms with E-state index in [4.69, 9.17) is 9.97 Å². The SMILES string of the molecule is CNc1nc(-c2cccnc2)nc2c(C)c(-c3ccc4[nH]ncc4c3)ccc12. The largest absolute Gasteiger partial charge is 0.373 e. The van der Waals surface area contributed by atoms with Gasteiger partial charge in [-0.25, -0.2) is 9.97 Å². The molecule has 3 aromatic heterocycles. The lowest BCUT2D eigenvalue weighted by molar-refractivity contribution is 1.12. The number of pyridine rings is 1. The van der Waals surface area contributed by atoms with Crippen LogP contribution in [-0.2, 0) is 0 Å². The summed E-state index contributed by atoms with van der Waals surface area (Å²) < 4.78 is 0. The molecule has 6 heteroatoms. The molecular weight excluding hydrogens is 348 g/mol. The van der Waals surface area contributed by atoms with Crippen LogP contribution < -0.4 is 5.32 Å². The number of H-pyrrole nitrogens is 1. The Bertz CT molecular complexity index is 1310. The van der Waals surface area contributed by atoms with Crippen molar-refractivity contribution in [3.05, 3.63) is 66.6 Å². The topological polar surface area (TPSA) is 79.4 Å². The lowest BCUT2D eigenvalue weighted by Crippen LogP contribution is -2.00. The predicted molar refractivity (Wildman–Crippen MR) is 112 cm³/mol. The number of nitrogens with one attached hydrogen (secondary N) is 2. The standard InChI is InChI=1S/C22H18N6/c1-13-17(14-5-8-19-16(10-14)12-25-28-19)6-7-18-20(13)26-21(27-22(18)23-2)15-4-3-9-24-11-15/h3-12H,1-2H3,(H,25,28)(H,23,26,27). The van der Waals surface area contributed by atoms with Crippen molar-refractivity contribution in [1.29, 1.82) is 0 Å². The third-order valence-electron chi connectivity index (χ3n) is 5.03. The van der Waals surface area contributed by atoms with Crippen LogP contribution in [0.2, 0.25) is 0 Å². The molecule has 0 amide bonds. The minimum absolute atomic E-state index is 0.662. The van der Waals surface area contributed by atoms with Crippen LogP contribution in [0.4, 0.5) is 5.82 Å². The van der Waals surface area contributed by atoms with Crippen molar-refractivity contribution < 1.29 is 0 Å². The van der Waals surface area contributed by atoms with Gasteiger partial charge < -0.3 is 5.32 Å². The third-order valence-corrected chi connectivity index (χ3v) is 5.03. The zero-order chi connectivity index (χ0) is 19.1. The van der Waals surface area contributed by atoms with E-state index in [2.05, 4.69) is 57.8 Å². The molecule has 0 aliphatic heterocycles. The van der Waals surface area contributed by atoms with Crippen molar-refractivity contribution in [3.63, 3.8) is 0 Å². The molecule has 0 bridgehead atoms. The normalized spacial score (nSPS) is 11.2. The molecule has 5 aromatic rings. The summed E-state index contributed by atoms with van der Waals surface area (Å²) in [7, 11) is 1.88. The monoisotopic (exact) mass is 366 g/mol. The number of aromatic nitrogens is 5. The quantitative estimate of drug-likeness (QED) is 0.488. The second kappa shape index (κ2) is 6.42. The number of hydrogen-bond donors (Lipinski definition) is 2. The highest BCUT2D eigenvalue weighted by Crippen LogP contribution is 2.33. The van der Waals surface area contributed by atoms with Crippen LogP contribution in [0, 0.1) is 6.92 Å². The van der Waals surface area contributed by atoms with Gasteiger partial charge in [-0.15, -0.1) is 0 Å². The van der Waals surface area contributed by atoms with Crippen molar-refractivity contribution in [2.45, 2.75) is 6.92 Å². The zero-order valence-electron chi connectivity index (χ0n) is 15.6. The van der Waals surface area contributed by atoms with Crippen LogP contribution in [0.15, 0.2) is 61.1 Å². The molecular formula is C22H18N6. The molecule has 0 atom stereocenters. The second-order valence-electron chi connectivity index (χ2n) is 6.69. The fourth-order valence-electron chi connectivity index (χ4n) is 3.57. The Morgan fingerprint density at radius 1 is 0.964 bits per heavy atom. The first-order valence-electron chi connectivity index (χ1n) is 9.07. The van der Waals surface area contributed by atoms with Gasteiger partial charge in [0.2, 0.25) is 0 Å². The Morgan fingerprint density at radius 3 is 2.71 bits per heavy atom. The molecule has 0 radical (unpaired) electrons. The van der Waals surface area contributed by atoms with E-state index in [1.54, 1.807) is 12.4 Å². The fraction of sp³-hybridized carbons (Fsp3) is 0.0909. The minimum atomic E-state index is 0.662. The van der Waals surface area contributed by atoms with E-state index in [0.717, 1.165) is 49.9 Å². The molecule has 28 heavy (non-hydrogen) atoms. The summed E-state index contributed by atoms with van der Waals surface area (Å²) in [4.78, 5) is 13.8. The van der Waals surface area contributed by atoms with Gasteiger partial charge in [0.1, 0.15) is 5.82 Å². The Morgan fingerprint density at radius 2 is 1.89 bits per heavy atom. The number of anilines is 1. The van der Waals surface area contributed by atoms with Crippen molar-refractivity contribution in [1.82, 2.24) is 25.1 Å². The Balaban J connectivity index is 1.75. The molecule has 0 spiro atoms. The molecule has 5 rings (SSSR count). The van der Waals surface area contributed by atoms with Crippen molar-refractivity contribution >= 4 is 27.6 Å². The fourth-order valence-corrected chi connectivity index (χ4v) is 3.57. The van der Waals surface area contributed by atoms with Gasteiger partial charge in [0.25, 0.3) is 0 Å². The molecule has 3 heterocycles. The van der Waals surface area contributed by atoms with Crippen molar-refractivity contribution in [2.24, 2.45) is 0 Å². The summed E-state index contributed by atoms with van der Waals surface area (Å²) in [6.45, 7) is 2.11. The molecule has 0 saturated heterocycles. The molecule has 0 fully saturated rings. The molecule has 0 aliphatic rings. The summed E-state index contributed by atoms with van der Waals surface area (Å²) in [6.07, 6.45) is 5.38. The van der Waals surface area contributed by atoms with Gasteiger partial charge >= 0.3 is 0 Å². The van der Waals surface area contributed by atoms with Gasteiger partial charge in [0, 0.05) is 35.8 Å². The smallest absolute Gasteiger partial charge is 0.163 e. The average molecular weight is 366 g/mol. The van der Waals surface area contributed by atoms with Gasteiger partial charge in [-0.2, -0.15) is 5.10 Å². The molecule has 2 N–H and O–H groups in total. The van der Waals surface area contributed by atoms with Crippen LogP contribution in [0.5, 0.6) is 0 Å². The lowest BCUT2D eigenvalue weighted by Gasteiger charge is -2.13. The minimum Gasteiger partial charge on any atom is -0.373 e. The highest BCUT2D eigenvalue weighted by Gasteiger charge is 2.14. The van der Waals surface area contributed by atoms with E-state index >= 15 is 0 Å². The van der Waals surface area contributed by atoms with Gasteiger partial charge in [-0.1, -0.05) is 12.1 Å². The van der Waals surface area contributed by atoms with Crippen LogP contribution in [0.25, 0.3) is 44.3 Å². The molecule has 0 unspecified atom stereocenters. The van der Waals surface area contributed by atoms with E-state index in [1.807, 2.05) is 25.4 Å². The van der Waals surface area contributed by atoms with E-state index in [9.17, 15) is 0 Å². The molecule has 2 aromatic carbocycles. The summed E-state index contributed by atoms with van der Waals surface area (Å²) in [5.74, 6) is 1.47. The number of aromatic amines is 1. The highest BCUT2D eigenvalue weighted by atomic mass is 15.1. The van der Waals surface area contributed by atoms with E-state index in [1.165, 1.54) is 0 Å². The first-order chi connectivity index (χ1) is 13.7.